The number of rotatable bonds is 0. The summed E-state index contributed by atoms with van der Waals surface area (Å²) in [7, 11) is 0. The van der Waals surface area contributed by atoms with Gasteiger partial charge in [0.1, 0.15) is 0 Å². The van der Waals surface area contributed by atoms with Gasteiger partial charge in [0.15, 0.2) is 6.17 Å². The maximum absolute atomic E-state index is 12.1. The highest BCUT2D eigenvalue weighted by Gasteiger charge is 2.16. The van der Waals surface area contributed by atoms with E-state index in [4.69, 9.17) is 0 Å². The molecule has 1 rings (SSSR count). The van der Waals surface area contributed by atoms with Gasteiger partial charge in [0.2, 0.25) is 0 Å². The predicted molar refractivity (Wildman–Crippen MR) is 26.8 cm³/mol. The van der Waals surface area contributed by atoms with Crippen molar-refractivity contribution in [3.63, 3.8) is 0 Å². The minimum atomic E-state index is -1.33. The van der Waals surface area contributed by atoms with Gasteiger partial charge in [-0.2, -0.15) is 0 Å². The molecule has 1 heterocycles. The molecule has 0 saturated heterocycles. The summed E-state index contributed by atoms with van der Waals surface area (Å²) in [4.78, 5) is 10.3. The lowest BCUT2D eigenvalue weighted by Gasteiger charge is -2.07. The van der Waals surface area contributed by atoms with Gasteiger partial charge in [0.25, 0.3) is 5.91 Å². The number of amides is 1. The Kier molecular flexibility index (Phi) is 1.28. The van der Waals surface area contributed by atoms with Crippen molar-refractivity contribution < 1.29 is 9.18 Å². The van der Waals surface area contributed by atoms with Gasteiger partial charge in [-0.05, 0) is 6.20 Å². The minimum absolute atomic E-state index is 0.214. The summed E-state index contributed by atoms with van der Waals surface area (Å²) in [5.74, 6) is -0.535. The quantitative estimate of drug-likeness (QED) is 0.485. The standard InChI is InChI=1S/C5H6FNO/c6-4-2-1-3-7-5(4)8/h1,3-4H,2H2,(H,7,8). The molecule has 0 fully saturated rings. The Hall–Kier alpha value is -0.860. The molecular formula is C5H6FNO. The van der Waals surface area contributed by atoms with Gasteiger partial charge in [-0.1, -0.05) is 6.08 Å². The fourth-order valence-electron chi connectivity index (χ4n) is 0.526. The van der Waals surface area contributed by atoms with Crippen LogP contribution in [0.2, 0.25) is 0 Å². The molecule has 0 aromatic carbocycles. The van der Waals surface area contributed by atoms with Crippen LogP contribution in [0.1, 0.15) is 6.42 Å². The normalized spacial score (nSPS) is 27.6. The Morgan fingerprint density at radius 3 is 3.00 bits per heavy atom. The number of nitrogens with one attached hydrogen (secondary N) is 1. The Morgan fingerprint density at radius 2 is 2.62 bits per heavy atom. The molecule has 0 saturated carbocycles. The van der Waals surface area contributed by atoms with Crippen molar-refractivity contribution in [3.05, 3.63) is 12.3 Å². The number of halogens is 1. The third-order valence-electron chi connectivity index (χ3n) is 0.971. The van der Waals surface area contributed by atoms with E-state index in [0.29, 0.717) is 0 Å². The largest absolute Gasteiger partial charge is 0.330 e. The van der Waals surface area contributed by atoms with E-state index >= 15 is 0 Å². The second-order valence-corrected chi connectivity index (χ2v) is 1.61. The lowest BCUT2D eigenvalue weighted by Crippen LogP contribution is -2.30. The van der Waals surface area contributed by atoms with E-state index in [0.717, 1.165) is 0 Å². The van der Waals surface area contributed by atoms with Crippen LogP contribution in [0.4, 0.5) is 4.39 Å². The molecule has 1 N–H and O–H groups in total. The van der Waals surface area contributed by atoms with Crippen molar-refractivity contribution in [3.8, 4) is 0 Å². The zero-order valence-corrected chi connectivity index (χ0v) is 4.23. The predicted octanol–water partition coefficient (Wildman–Crippen LogP) is 0.358. The maximum Gasteiger partial charge on any atom is 0.258 e. The Bertz CT molecular complexity index is 132. The van der Waals surface area contributed by atoms with Crippen LogP contribution in [-0.4, -0.2) is 12.1 Å². The van der Waals surface area contributed by atoms with Crippen LogP contribution in [-0.2, 0) is 4.79 Å². The van der Waals surface area contributed by atoms with E-state index in [-0.39, 0.29) is 6.42 Å². The summed E-state index contributed by atoms with van der Waals surface area (Å²) in [5, 5.41) is 2.24. The first-order chi connectivity index (χ1) is 3.80. The zero-order chi connectivity index (χ0) is 5.98. The van der Waals surface area contributed by atoms with Crippen molar-refractivity contribution in [1.29, 1.82) is 0 Å². The summed E-state index contributed by atoms with van der Waals surface area (Å²) >= 11 is 0. The summed E-state index contributed by atoms with van der Waals surface area (Å²) in [6.45, 7) is 0. The molecule has 0 bridgehead atoms. The van der Waals surface area contributed by atoms with Gasteiger partial charge in [-0.15, -0.1) is 0 Å². The average Bonchev–Trinajstić information content (AvgIpc) is 1.77. The summed E-state index contributed by atoms with van der Waals surface area (Å²) in [6, 6.07) is 0. The first-order valence-corrected chi connectivity index (χ1v) is 2.40. The number of allylic oxidation sites excluding steroid dienone is 1. The van der Waals surface area contributed by atoms with Crippen molar-refractivity contribution >= 4 is 5.91 Å². The molecule has 0 spiro atoms. The highest BCUT2D eigenvalue weighted by atomic mass is 19.1. The second-order valence-electron chi connectivity index (χ2n) is 1.61. The molecule has 0 aliphatic carbocycles. The minimum Gasteiger partial charge on any atom is -0.330 e. The van der Waals surface area contributed by atoms with Gasteiger partial charge in [-0.3, -0.25) is 4.79 Å². The molecule has 0 radical (unpaired) electrons. The summed E-state index contributed by atoms with van der Waals surface area (Å²) < 4.78 is 12.1. The highest BCUT2D eigenvalue weighted by Crippen LogP contribution is 2.02. The third kappa shape index (κ3) is 0.857. The van der Waals surface area contributed by atoms with Crippen LogP contribution < -0.4 is 5.32 Å². The summed E-state index contributed by atoms with van der Waals surface area (Å²) in [6.07, 6.45) is 1.93. The molecule has 1 unspecified atom stereocenters. The van der Waals surface area contributed by atoms with Crippen molar-refractivity contribution in [1.82, 2.24) is 5.32 Å². The van der Waals surface area contributed by atoms with Crippen molar-refractivity contribution in [2.24, 2.45) is 0 Å². The molecule has 2 nitrogen and oxygen atoms in total. The Morgan fingerprint density at radius 1 is 1.88 bits per heavy atom. The van der Waals surface area contributed by atoms with Crippen LogP contribution in [0.15, 0.2) is 12.3 Å². The van der Waals surface area contributed by atoms with Crippen molar-refractivity contribution in [2.75, 3.05) is 0 Å². The van der Waals surface area contributed by atoms with Gasteiger partial charge >= 0.3 is 0 Å². The van der Waals surface area contributed by atoms with E-state index in [2.05, 4.69) is 5.32 Å². The van der Waals surface area contributed by atoms with Gasteiger partial charge in [0.05, 0.1) is 0 Å². The molecular weight excluding hydrogens is 109 g/mol. The molecule has 44 valence electrons. The Balaban J connectivity index is 2.57. The third-order valence-corrected chi connectivity index (χ3v) is 0.971. The summed E-state index contributed by atoms with van der Waals surface area (Å²) in [5.41, 5.74) is 0. The number of alkyl halides is 1. The first-order valence-electron chi connectivity index (χ1n) is 2.40. The molecule has 3 heteroatoms. The van der Waals surface area contributed by atoms with Crippen LogP contribution in [0.5, 0.6) is 0 Å². The van der Waals surface area contributed by atoms with E-state index in [1.807, 2.05) is 0 Å². The topological polar surface area (TPSA) is 29.1 Å². The molecule has 1 aliphatic rings. The highest BCUT2D eigenvalue weighted by molar-refractivity contribution is 5.82. The number of carbonyl (C=O) groups excluding carboxylic acids is 1. The van der Waals surface area contributed by atoms with Crippen LogP contribution >= 0.6 is 0 Å². The average molecular weight is 115 g/mol. The fourth-order valence-corrected chi connectivity index (χ4v) is 0.526. The fraction of sp³-hybridized carbons (Fsp3) is 0.400. The molecule has 1 aliphatic heterocycles. The van der Waals surface area contributed by atoms with Crippen LogP contribution in [0.25, 0.3) is 0 Å². The molecule has 0 aromatic rings. The number of hydrogen-bond donors (Lipinski definition) is 1. The van der Waals surface area contributed by atoms with Gasteiger partial charge in [-0.25, -0.2) is 4.39 Å². The van der Waals surface area contributed by atoms with E-state index in [1.54, 1.807) is 6.08 Å². The maximum atomic E-state index is 12.1. The monoisotopic (exact) mass is 115 g/mol. The van der Waals surface area contributed by atoms with Crippen LogP contribution in [0.3, 0.4) is 0 Å². The zero-order valence-electron chi connectivity index (χ0n) is 4.23. The smallest absolute Gasteiger partial charge is 0.258 e. The molecule has 1 atom stereocenters. The van der Waals surface area contributed by atoms with E-state index in [9.17, 15) is 9.18 Å². The molecule has 0 aromatic heterocycles. The van der Waals surface area contributed by atoms with Crippen LogP contribution in [0, 0.1) is 0 Å². The van der Waals surface area contributed by atoms with E-state index < -0.39 is 12.1 Å². The lowest BCUT2D eigenvalue weighted by molar-refractivity contribution is -0.125. The van der Waals surface area contributed by atoms with Gasteiger partial charge < -0.3 is 5.32 Å². The SMILES string of the molecule is O=C1NC=CCC1F. The van der Waals surface area contributed by atoms with Gasteiger partial charge in [0, 0.05) is 6.42 Å². The molecule has 1 amide bonds. The van der Waals surface area contributed by atoms with E-state index in [1.165, 1.54) is 6.20 Å². The Labute approximate surface area is 46.4 Å². The first kappa shape index (κ1) is 5.28. The van der Waals surface area contributed by atoms with Crippen molar-refractivity contribution in [2.45, 2.75) is 12.6 Å². The number of carbonyl (C=O) groups is 1. The lowest BCUT2D eigenvalue weighted by atomic mass is 10.2. The second kappa shape index (κ2) is 1.94. The molecule has 8 heavy (non-hydrogen) atoms. The number of hydrogen-bond acceptors (Lipinski definition) is 1.